The summed E-state index contributed by atoms with van der Waals surface area (Å²) in [6, 6.07) is 0.328. The van der Waals surface area contributed by atoms with Crippen molar-refractivity contribution in [1.82, 2.24) is 10.3 Å². The second-order valence-electron chi connectivity index (χ2n) is 3.76. The zero-order valence-corrected chi connectivity index (χ0v) is 11.7. The molecule has 0 bridgehead atoms. The van der Waals surface area contributed by atoms with E-state index >= 15 is 0 Å². The van der Waals surface area contributed by atoms with Gasteiger partial charge in [-0.2, -0.15) is 11.3 Å². The Morgan fingerprint density at radius 3 is 2.45 bits per heavy atom. The van der Waals surface area contributed by atoms with Gasteiger partial charge in [0.2, 0.25) is 11.8 Å². The van der Waals surface area contributed by atoms with Gasteiger partial charge in [0.1, 0.15) is 10.7 Å². The second-order valence-corrected chi connectivity index (χ2v) is 5.40. The highest BCUT2D eigenvalue weighted by Crippen LogP contribution is 2.25. The molecular formula is C11H10N4O3S2. The first-order valence-electron chi connectivity index (χ1n) is 5.36. The number of aromatic nitrogens is 1. The molecule has 9 heteroatoms. The zero-order chi connectivity index (χ0) is 14.7. The highest BCUT2D eigenvalue weighted by atomic mass is 32.1. The molecule has 0 atom stereocenters. The molecule has 0 saturated heterocycles. The van der Waals surface area contributed by atoms with Crippen LogP contribution >= 0.6 is 22.7 Å². The molecule has 2 aromatic rings. The molecule has 0 aliphatic rings. The number of hydrogen-bond donors (Lipinski definition) is 3. The molecule has 0 saturated carbocycles. The fraction of sp³-hybridized carbons (Fsp3) is 0.0909. The smallest absolute Gasteiger partial charge is 0.271 e. The number of nitrogens with two attached hydrogens (primary N) is 2. The highest BCUT2D eigenvalue weighted by Gasteiger charge is 2.25. The third kappa shape index (κ3) is 3.00. The van der Waals surface area contributed by atoms with Crippen molar-refractivity contribution in [3.05, 3.63) is 27.9 Å². The van der Waals surface area contributed by atoms with E-state index in [1.54, 1.807) is 0 Å². The van der Waals surface area contributed by atoms with Crippen LogP contribution in [0.3, 0.4) is 0 Å². The third-order valence-corrected chi connectivity index (χ3v) is 3.92. The van der Waals surface area contributed by atoms with Crippen LogP contribution in [0.4, 0.5) is 0 Å². The lowest BCUT2D eigenvalue weighted by atomic mass is 10.2. The summed E-state index contributed by atoms with van der Waals surface area (Å²) in [7, 11) is 0. The molecule has 104 valence electrons. The second kappa shape index (κ2) is 5.80. The van der Waals surface area contributed by atoms with Gasteiger partial charge in [0.25, 0.3) is 5.91 Å². The van der Waals surface area contributed by atoms with Crippen LogP contribution in [-0.2, 0) is 9.59 Å². The summed E-state index contributed by atoms with van der Waals surface area (Å²) in [5.41, 5.74) is 11.0. The van der Waals surface area contributed by atoms with Crippen molar-refractivity contribution >= 4 is 40.4 Å². The molecule has 2 aromatic heterocycles. The number of thiophene rings is 1. The molecular weight excluding hydrogens is 300 g/mol. The average molecular weight is 310 g/mol. The Bertz CT molecular complexity index is 636. The zero-order valence-electron chi connectivity index (χ0n) is 10.0. The predicted molar refractivity (Wildman–Crippen MR) is 75.1 cm³/mol. The number of hydrogen-bond acceptors (Lipinski definition) is 6. The van der Waals surface area contributed by atoms with Gasteiger partial charge in [0, 0.05) is 16.3 Å². The van der Waals surface area contributed by atoms with Crippen molar-refractivity contribution in [2.75, 3.05) is 0 Å². The summed E-state index contributed by atoms with van der Waals surface area (Å²) in [5.74, 6) is -2.70. The van der Waals surface area contributed by atoms with E-state index in [2.05, 4.69) is 10.3 Å². The predicted octanol–water partition coefficient (Wildman–Crippen LogP) is -0.0594. The molecule has 0 unspecified atom stereocenters. The Kier molecular flexibility index (Phi) is 4.11. The standard InChI is InChI=1S/C11H10N4O3S2/c12-8(16)7(9(13)17)15-10(18)6-4-20-11(14-6)5-1-2-19-3-5/h1-4,7H,(H2,12,16)(H2,13,17)(H,15,18). The SMILES string of the molecule is NC(=O)C(NC(=O)c1csc(-c2ccsc2)n1)C(N)=O. The molecule has 0 radical (unpaired) electrons. The fourth-order valence-corrected chi connectivity index (χ4v) is 2.90. The van der Waals surface area contributed by atoms with Crippen molar-refractivity contribution in [2.45, 2.75) is 6.04 Å². The Balaban J connectivity index is 2.14. The Morgan fingerprint density at radius 1 is 1.20 bits per heavy atom. The normalized spacial score (nSPS) is 10.4. The molecule has 0 spiro atoms. The van der Waals surface area contributed by atoms with Crippen molar-refractivity contribution < 1.29 is 14.4 Å². The van der Waals surface area contributed by atoms with Gasteiger partial charge < -0.3 is 16.8 Å². The maximum atomic E-state index is 11.9. The summed E-state index contributed by atoms with van der Waals surface area (Å²) < 4.78 is 0. The molecule has 0 aliphatic carbocycles. The van der Waals surface area contributed by atoms with Crippen molar-refractivity contribution in [3.63, 3.8) is 0 Å². The van der Waals surface area contributed by atoms with E-state index in [4.69, 9.17) is 11.5 Å². The van der Waals surface area contributed by atoms with Crippen LogP contribution in [0.2, 0.25) is 0 Å². The summed E-state index contributed by atoms with van der Waals surface area (Å²) in [6.45, 7) is 0. The van der Waals surface area contributed by atoms with Gasteiger partial charge in [0.05, 0.1) is 0 Å². The lowest BCUT2D eigenvalue weighted by Gasteiger charge is -2.10. The maximum Gasteiger partial charge on any atom is 0.271 e. The number of thiazole rings is 1. The van der Waals surface area contributed by atoms with Gasteiger partial charge in [-0.3, -0.25) is 14.4 Å². The molecule has 20 heavy (non-hydrogen) atoms. The number of carbonyl (C=O) groups excluding carboxylic acids is 3. The molecule has 5 N–H and O–H groups in total. The topological polar surface area (TPSA) is 128 Å². The van der Waals surface area contributed by atoms with Crippen LogP contribution in [-0.4, -0.2) is 28.7 Å². The minimum Gasteiger partial charge on any atom is -0.367 e. The lowest BCUT2D eigenvalue weighted by Crippen LogP contribution is -2.52. The number of nitrogens with zero attached hydrogens (tertiary/aromatic N) is 1. The first kappa shape index (κ1) is 14.2. The third-order valence-electron chi connectivity index (χ3n) is 2.35. The van der Waals surface area contributed by atoms with Crippen molar-refractivity contribution in [3.8, 4) is 10.6 Å². The Morgan fingerprint density at radius 2 is 1.90 bits per heavy atom. The molecule has 0 aromatic carbocycles. The summed E-state index contributed by atoms with van der Waals surface area (Å²) >= 11 is 2.80. The molecule has 7 nitrogen and oxygen atoms in total. The van der Waals surface area contributed by atoms with Crippen LogP contribution in [0.1, 0.15) is 10.5 Å². The van der Waals surface area contributed by atoms with Gasteiger partial charge >= 0.3 is 0 Å². The van der Waals surface area contributed by atoms with E-state index < -0.39 is 23.8 Å². The minimum atomic E-state index is -1.55. The van der Waals surface area contributed by atoms with Gasteiger partial charge in [-0.1, -0.05) is 0 Å². The Hall–Kier alpha value is -2.26. The van der Waals surface area contributed by atoms with E-state index in [-0.39, 0.29) is 5.69 Å². The van der Waals surface area contributed by atoms with Crippen LogP contribution in [0.5, 0.6) is 0 Å². The molecule has 3 amide bonds. The van der Waals surface area contributed by atoms with Crippen molar-refractivity contribution in [1.29, 1.82) is 0 Å². The van der Waals surface area contributed by atoms with Crippen LogP contribution in [0.15, 0.2) is 22.2 Å². The molecule has 0 aliphatic heterocycles. The molecule has 0 fully saturated rings. The quantitative estimate of drug-likeness (QED) is 0.668. The van der Waals surface area contributed by atoms with Crippen molar-refractivity contribution in [2.24, 2.45) is 11.5 Å². The number of rotatable bonds is 5. The number of carbonyl (C=O) groups is 3. The van der Waals surface area contributed by atoms with Gasteiger partial charge in [-0.05, 0) is 11.4 Å². The molecule has 2 heterocycles. The van der Waals surface area contributed by atoms with E-state index in [0.29, 0.717) is 5.01 Å². The van der Waals surface area contributed by atoms with Crippen LogP contribution < -0.4 is 16.8 Å². The van der Waals surface area contributed by atoms with E-state index in [1.165, 1.54) is 28.1 Å². The fourth-order valence-electron chi connectivity index (χ4n) is 1.38. The highest BCUT2D eigenvalue weighted by molar-refractivity contribution is 7.14. The van der Waals surface area contributed by atoms with Crippen LogP contribution in [0, 0.1) is 0 Å². The first-order chi connectivity index (χ1) is 9.49. The summed E-state index contributed by atoms with van der Waals surface area (Å²) in [4.78, 5) is 38.0. The van der Waals surface area contributed by atoms with Gasteiger partial charge in [-0.25, -0.2) is 4.98 Å². The number of primary amides is 2. The lowest BCUT2D eigenvalue weighted by molar-refractivity contribution is -0.128. The number of nitrogens with one attached hydrogen (secondary N) is 1. The van der Waals surface area contributed by atoms with Crippen LogP contribution in [0.25, 0.3) is 10.6 Å². The van der Waals surface area contributed by atoms with E-state index in [9.17, 15) is 14.4 Å². The van der Waals surface area contributed by atoms with E-state index in [0.717, 1.165) is 5.56 Å². The Labute approximate surface area is 121 Å². The first-order valence-corrected chi connectivity index (χ1v) is 7.19. The average Bonchev–Trinajstić information content (AvgIpc) is 3.04. The van der Waals surface area contributed by atoms with Gasteiger partial charge in [-0.15, -0.1) is 11.3 Å². The summed E-state index contributed by atoms with van der Waals surface area (Å²) in [5, 5.41) is 8.15. The van der Waals surface area contributed by atoms with Gasteiger partial charge in [0.15, 0.2) is 6.04 Å². The summed E-state index contributed by atoms with van der Waals surface area (Å²) in [6.07, 6.45) is 0. The maximum absolute atomic E-state index is 11.9. The monoisotopic (exact) mass is 310 g/mol. The largest absolute Gasteiger partial charge is 0.367 e. The minimum absolute atomic E-state index is 0.101. The number of amides is 3. The molecule has 2 rings (SSSR count). The van der Waals surface area contributed by atoms with E-state index in [1.807, 2.05) is 16.8 Å².